The molecule has 0 atom stereocenters. The first kappa shape index (κ1) is 13.5. The maximum atomic E-state index is 8.89. The lowest BCUT2D eigenvalue weighted by Gasteiger charge is -2.23. The number of aryl methyl sites for hydroxylation is 1. The molecule has 1 aromatic rings. The summed E-state index contributed by atoms with van der Waals surface area (Å²) in [7, 11) is 0. The number of ether oxygens (including phenoxy) is 1. The fourth-order valence-electron chi connectivity index (χ4n) is 1.76. The van der Waals surface area contributed by atoms with Gasteiger partial charge < -0.3 is 9.64 Å². The first-order valence-corrected chi connectivity index (χ1v) is 6.06. The minimum atomic E-state index is 0.739. The van der Waals surface area contributed by atoms with Crippen LogP contribution in [0.15, 0.2) is 18.2 Å². The molecule has 0 aliphatic rings. The van der Waals surface area contributed by atoms with Gasteiger partial charge in [-0.15, -0.1) is 0 Å². The average Bonchev–Trinajstić information content (AvgIpc) is 2.35. The van der Waals surface area contributed by atoms with Gasteiger partial charge >= 0.3 is 0 Å². The Morgan fingerprint density at radius 2 is 2.12 bits per heavy atom. The van der Waals surface area contributed by atoms with Crippen LogP contribution in [0.2, 0.25) is 0 Å². The van der Waals surface area contributed by atoms with E-state index in [9.17, 15) is 0 Å². The number of benzene rings is 1. The lowest BCUT2D eigenvalue weighted by atomic mass is 10.1. The number of hydrogen-bond donors (Lipinski definition) is 0. The van der Waals surface area contributed by atoms with E-state index in [0.717, 1.165) is 43.1 Å². The predicted octanol–water partition coefficient (Wildman–Crippen LogP) is 2.73. The molecule has 0 unspecified atom stereocenters. The highest BCUT2D eigenvalue weighted by atomic mass is 16.5. The van der Waals surface area contributed by atoms with Crippen molar-refractivity contribution < 1.29 is 4.74 Å². The molecule has 0 N–H and O–H groups in total. The summed E-state index contributed by atoms with van der Waals surface area (Å²) in [5.74, 6) is 0. The lowest BCUT2D eigenvalue weighted by molar-refractivity contribution is 0.154. The third-order valence-corrected chi connectivity index (χ3v) is 2.79. The zero-order valence-corrected chi connectivity index (χ0v) is 10.9. The van der Waals surface area contributed by atoms with E-state index in [4.69, 9.17) is 10.00 Å². The van der Waals surface area contributed by atoms with E-state index in [1.807, 2.05) is 26.0 Å². The molecule has 3 nitrogen and oxygen atoms in total. The SMILES string of the molecule is CCOCCN(CC)c1ccc(C#N)c(C)c1. The molecule has 0 aliphatic heterocycles. The molecule has 1 rings (SSSR count). The van der Waals surface area contributed by atoms with Crippen molar-refractivity contribution in [3.05, 3.63) is 29.3 Å². The molecule has 3 heteroatoms. The second kappa shape index (κ2) is 6.93. The van der Waals surface area contributed by atoms with Gasteiger partial charge in [-0.1, -0.05) is 0 Å². The van der Waals surface area contributed by atoms with Gasteiger partial charge in [0, 0.05) is 25.4 Å². The molecule has 0 fully saturated rings. The van der Waals surface area contributed by atoms with Gasteiger partial charge in [0.25, 0.3) is 0 Å². The highest BCUT2D eigenvalue weighted by Crippen LogP contribution is 2.18. The number of hydrogen-bond acceptors (Lipinski definition) is 3. The Hall–Kier alpha value is -1.53. The smallest absolute Gasteiger partial charge is 0.0994 e. The highest BCUT2D eigenvalue weighted by Gasteiger charge is 2.06. The van der Waals surface area contributed by atoms with Gasteiger partial charge in [-0.3, -0.25) is 0 Å². The molecule has 0 amide bonds. The van der Waals surface area contributed by atoms with Crippen LogP contribution in [0.1, 0.15) is 25.0 Å². The Kier molecular flexibility index (Phi) is 5.51. The zero-order chi connectivity index (χ0) is 12.7. The minimum Gasteiger partial charge on any atom is -0.380 e. The molecule has 0 spiro atoms. The van der Waals surface area contributed by atoms with Crippen LogP contribution in [0.25, 0.3) is 0 Å². The molecule has 92 valence electrons. The van der Waals surface area contributed by atoms with Gasteiger partial charge in [0.1, 0.15) is 0 Å². The van der Waals surface area contributed by atoms with Crippen molar-refractivity contribution in [1.82, 2.24) is 0 Å². The van der Waals surface area contributed by atoms with Crippen LogP contribution in [0, 0.1) is 18.3 Å². The lowest BCUT2D eigenvalue weighted by Crippen LogP contribution is -2.27. The number of nitriles is 1. The molecule has 0 bridgehead atoms. The molecule has 0 saturated heterocycles. The van der Waals surface area contributed by atoms with Gasteiger partial charge in [-0.2, -0.15) is 5.26 Å². The van der Waals surface area contributed by atoms with Crippen LogP contribution >= 0.6 is 0 Å². The summed E-state index contributed by atoms with van der Waals surface area (Å²) in [6.07, 6.45) is 0. The van der Waals surface area contributed by atoms with E-state index < -0.39 is 0 Å². The zero-order valence-electron chi connectivity index (χ0n) is 10.9. The highest BCUT2D eigenvalue weighted by molar-refractivity contribution is 5.53. The van der Waals surface area contributed by atoms with E-state index in [1.165, 1.54) is 0 Å². The molecule has 1 aromatic carbocycles. The minimum absolute atomic E-state index is 0.739. The van der Waals surface area contributed by atoms with E-state index >= 15 is 0 Å². The van der Waals surface area contributed by atoms with Crippen LogP contribution in [0.5, 0.6) is 0 Å². The standard InChI is InChI=1S/C14H20N2O/c1-4-16(8-9-17-5-2)14-7-6-13(11-15)12(3)10-14/h6-7,10H,4-5,8-9H2,1-3H3. The van der Waals surface area contributed by atoms with Crippen molar-refractivity contribution in [2.45, 2.75) is 20.8 Å². The molecular formula is C14H20N2O. The van der Waals surface area contributed by atoms with Crippen LogP contribution in [-0.4, -0.2) is 26.3 Å². The fourth-order valence-corrected chi connectivity index (χ4v) is 1.76. The van der Waals surface area contributed by atoms with Gasteiger partial charge in [0.15, 0.2) is 0 Å². The van der Waals surface area contributed by atoms with Gasteiger partial charge in [0.05, 0.1) is 18.2 Å². The third-order valence-electron chi connectivity index (χ3n) is 2.79. The predicted molar refractivity (Wildman–Crippen MR) is 70.3 cm³/mol. The molecule has 0 radical (unpaired) electrons. The average molecular weight is 232 g/mol. The Balaban J connectivity index is 2.75. The summed E-state index contributed by atoms with van der Waals surface area (Å²) >= 11 is 0. The summed E-state index contributed by atoms with van der Waals surface area (Å²) in [6.45, 7) is 9.42. The van der Waals surface area contributed by atoms with Gasteiger partial charge in [-0.25, -0.2) is 0 Å². The number of nitrogens with zero attached hydrogens (tertiary/aromatic N) is 2. The Bertz CT molecular complexity index is 396. The third kappa shape index (κ3) is 3.76. The van der Waals surface area contributed by atoms with Gasteiger partial charge in [-0.05, 0) is 44.5 Å². The van der Waals surface area contributed by atoms with E-state index in [1.54, 1.807) is 0 Å². The molecule has 0 aromatic heterocycles. The van der Waals surface area contributed by atoms with Crippen molar-refractivity contribution in [3.63, 3.8) is 0 Å². The maximum absolute atomic E-state index is 8.89. The van der Waals surface area contributed by atoms with Crippen LogP contribution in [0.4, 0.5) is 5.69 Å². The summed E-state index contributed by atoms with van der Waals surface area (Å²) in [4.78, 5) is 2.25. The molecule has 0 saturated carbocycles. The molecule has 0 aliphatic carbocycles. The molecular weight excluding hydrogens is 212 g/mol. The van der Waals surface area contributed by atoms with Crippen molar-refractivity contribution >= 4 is 5.69 Å². The first-order valence-electron chi connectivity index (χ1n) is 6.06. The quantitative estimate of drug-likeness (QED) is 0.708. The number of anilines is 1. The fraction of sp³-hybridized carbons (Fsp3) is 0.500. The largest absolute Gasteiger partial charge is 0.380 e. The molecule has 0 heterocycles. The van der Waals surface area contributed by atoms with Crippen LogP contribution in [-0.2, 0) is 4.74 Å². The van der Waals surface area contributed by atoms with Crippen molar-refractivity contribution in [1.29, 1.82) is 5.26 Å². The van der Waals surface area contributed by atoms with Gasteiger partial charge in [0.2, 0.25) is 0 Å². The van der Waals surface area contributed by atoms with E-state index in [0.29, 0.717) is 0 Å². The number of rotatable bonds is 6. The van der Waals surface area contributed by atoms with Crippen LogP contribution in [0.3, 0.4) is 0 Å². The summed E-state index contributed by atoms with van der Waals surface area (Å²) in [5, 5.41) is 8.89. The maximum Gasteiger partial charge on any atom is 0.0994 e. The van der Waals surface area contributed by atoms with E-state index in [2.05, 4.69) is 24.0 Å². The second-order valence-electron chi connectivity index (χ2n) is 3.89. The summed E-state index contributed by atoms with van der Waals surface area (Å²) in [5.41, 5.74) is 2.93. The van der Waals surface area contributed by atoms with E-state index in [-0.39, 0.29) is 0 Å². The summed E-state index contributed by atoms with van der Waals surface area (Å²) in [6, 6.07) is 8.14. The normalized spacial score (nSPS) is 10.0. The topological polar surface area (TPSA) is 36.3 Å². The second-order valence-corrected chi connectivity index (χ2v) is 3.89. The van der Waals surface area contributed by atoms with Crippen molar-refractivity contribution in [3.8, 4) is 6.07 Å². The monoisotopic (exact) mass is 232 g/mol. The first-order chi connectivity index (χ1) is 8.22. The Morgan fingerprint density at radius 3 is 2.65 bits per heavy atom. The van der Waals surface area contributed by atoms with Crippen LogP contribution < -0.4 is 4.90 Å². The summed E-state index contributed by atoms with van der Waals surface area (Å²) < 4.78 is 5.37. The Morgan fingerprint density at radius 1 is 1.35 bits per heavy atom. The number of likely N-dealkylation sites (N-methyl/N-ethyl adjacent to an activating group) is 1. The Labute approximate surface area is 104 Å². The molecule has 17 heavy (non-hydrogen) atoms. The van der Waals surface area contributed by atoms with Crippen molar-refractivity contribution in [2.75, 3.05) is 31.2 Å². The van der Waals surface area contributed by atoms with Crippen molar-refractivity contribution in [2.24, 2.45) is 0 Å².